The molecule has 1 aliphatic heterocycles. The molecule has 2 aromatic carbocycles. The van der Waals surface area contributed by atoms with E-state index in [-0.39, 0.29) is 5.91 Å². The summed E-state index contributed by atoms with van der Waals surface area (Å²) in [6, 6.07) is 17.4. The van der Waals surface area contributed by atoms with Crippen LogP contribution in [0.3, 0.4) is 0 Å². The lowest BCUT2D eigenvalue weighted by Crippen LogP contribution is -2.40. The van der Waals surface area contributed by atoms with E-state index in [1.165, 1.54) is 5.57 Å². The van der Waals surface area contributed by atoms with Crippen LogP contribution in [0.25, 0.3) is 11.3 Å². The Morgan fingerprint density at radius 2 is 2.00 bits per heavy atom. The van der Waals surface area contributed by atoms with Gasteiger partial charge in [-0.2, -0.15) is 5.10 Å². The fourth-order valence-corrected chi connectivity index (χ4v) is 3.64. The first-order valence-corrected chi connectivity index (χ1v) is 10.0. The summed E-state index contributed by atoms with van der Waals surface area (Å²) in [7, 11) is 1.79. The number of aromatic nitrogens is 2. The molecule has 0 radical (unpaired) electrons. The van der Waals surface area contributed by atoms with Crippen molar-refractivity contribution in [3.05, 3.63) is 83.7 Å². The van der Waals surface area contributed by atoms with E-state index in [4.69, 9.17) is 11.6 Å². The number of amides is 1. The average Bonchev–Trinajstić information content (AvgIpc) is 3.25. The van der Waals surface area contributed by atoms with E-state index < -0.39 is 0 Å². The van der Waals surface area contributed by atoms with Crippen molar-refractivity contribution in [2.24, 2.45) is 0 Å². The van der Waals surface area contributed by atoms with Crippen LogP contribution >= 0.6 is 11.6 Å². The minimum Gasteiger partial charge on any atom is -0.314 e. The van der Waals surface area contributed by atoms with E-state index in [0.717, 1.165) is 36.4 Å². The Morgan fingerprint density at radius 1 is 1.17 bits per heavy atom. The molecule has 0 N–H and O–H groups in total. The molecule has 0 fully saturated rings. The molecule has 0 atom stereocenters. The van der Waals surface area contributed by atoms with Gasteiger partial charge in [0.25, 0.3) is 0 Å². The van der Waals surface area contributed by atoms with Crippen LogP contribution in [0.5, 0.6) is 0 Å². The maximum atomic E-state index is 12.6. The molecule has 1 aromatic heterocycles. The second-order valence-corrected chi connectivity index (χ2v) is 7.59. The van der Waals surface area contributed by atoms with Crippen molar-refractivity contribution in [1.82, 2.24) is 14.7 Å². The molecule has 0 spiro atoms. The van der Waals surface area contributed by atoms with Gasteiger partial charge in [-0.3, -0.25) is 9.69 Å². The Balaban J connectivity index is 1.37. The fourth-order valence-electron chi connectivity index (χ4n) is 3.45. The van der Waals surface area contributed by atoms with Gasteiger partial charge >= 0.3 is 0 Å². The van der Waals surface area contributed by atoms with Gasteiger partial charge in [0.15, 0.2) is 0 Å². The summed E-state index contributed by atoms with van der Waals surface area (Å²) in [6.07, 6.45) is 7.07. The first-order valence-electron chi connectivity index (χ1n) is 9.64. The van der Waals surface area contributed by atoms with E-state index >= 15 is 0 Å². The van der Waals surface area contributed by atoms with Crippen LogP contribution in [0.1, 0.15) is 12.0 Å². The second kappa shape index (κ2) is 8.64. The van der Waals surface area contributed by atoms with Gasteiger partial charge in [0, 0.05) is 42.6 Å². The monoisotopic (exact) mass is 406 g/mol. The minimum absolute atomic E-state index is 0.0565. The number of hydrogen-bond acceptors (Lipinski definition) is 3. The third-order valence-electron chi connectivity index (χ3n) is 5.20. The lowest BCUT2D eigenvalue weighted by molar-refractivity contribution is -0.119. The van der Waals surface area contributed by atoms with E-state index in [2.05, 4.69) is 22.3 Å². The Labute approximate surface area is 175 Å². The van der Waals surface area contributed by atoms with Gasteiger partial charge in [-0.05, 0) is 42.3 Å². The third-order valence-corrected chi connectivity index (χ3v) is 5.43. The lowest BCUT2D eigenvalue weighted by atomic mass is 10.0. The summed E-state index contributed by atoms with van der Waals surface area (Å²) in [5.41, 5.74) is 4.27. The number of para-hydroxylation sites is 1. The highest BCUT2D eigenvalue weighted by molar-refractivity contribution is 6.30. The standard InChI is InChI=1S/C23H23ClN4O/c1-26(22-9-5-6-20(24)14-22)23(29)17-27-12-10-18(11-13-27)19-15-25-28(16-19)21-7-3-2-4-8-21/h2-10,14-16H,11-13,17H2,1H3. The van der Waals surface area contributed by atoms with Crippen molar-refractivity contribution in [2.75, 3.05) is 31.6 Å². The maximum absolute atomic E-state index is 12.6. The quantitative estimate of drug-likeness (QED) is 0.635. The second-order valence-electron chi connectivity index (χ2n) is 7.16. The van der Waals surface area contributed by atoms with Gasteiger partial charge in [0.2, 0.25) is 5.91 Å². The van der Waals surface area contributed by atoms with Gasteiger partial charge in [-0.25, -0.2) is 4.68 Å². The molecule has 5 nitrogen and oxygen atoms in total. The number of likely N-dealkylation sites (N-methyl/N-ethyl adjacent to an activating group) is 1. The molecule has 1 aliphatic rings. The first-order chi connectivity index (χ1) is 14.1. The van der Waals surface area contributed by atoms with Crippen molar-refractivity contribution in [3.8, 4) is 5.69 Å². The normalized spacial score (nSPS) is 14.5. The largest absolute Gasteiger partial charge is 0.314 e. The summed E-state index contributed by atoms with van der Waals surface area (Å²) >= 11 is 6.04. The van der Waals surface area contributed by atoms with E-state index in [0.29, 0.717) is 11.6 Å². The zero-order valence-corrected chi connectivity index (χ0v) is 17.1. The Morgan fingerprint density at radius 3 is 2.72 bits per heavy atom. The predicted octanol–water partition coefficient (Wildman–Crippen LogP) is 4.28. The number of carbonyl (C=O) groups is 1. The molecular formula is C23H23ClN4O. The van der Waals surface area contributed by atoms with Gasteiger partial charge in [0.05, 0.1) is 18.4 Å². The molecule has 3 aromatic rings. The van der Waals surface area contributed by atoms with Gasteiger partial charge < -0.3 is 4.90 Å². The highest BCUT2D eigenvalue weighted by atomic mass is 35.5. The number of carbonyl (C=O) groups excluding carboxylic acids is 1. The van der Waals surface area contributed by atoms with Crippen molar-refractivity contribution in [3.63, 3.8) is 0 Å². The zero-order chi connectivity index (χ0) is 20.2. The number of anilines is 1. The van der Waals surface area contributed by atoms with Crippen molar-refractivity contribution in [2.45, 2.75) is 6.42 Å². The third kappa shape index (κ3) is 4.58. The number of halogens is 1. The van der Waals surface area contributed by atoms with E-state index in [9.17, 15) is 4.79 Å². The molecule has 0 saturated heterocycles. The van der Waals surface area contributed by atoms with Gasteiger partial charge in [-0.1, -0.05) is 41.9 Å². The minimum atomic E-state index is 0.0565. The zero-order valence-electron chi connectivity index (χ0n) is 16.3. The number of benzene rings is 2. The van der Waals surface area contributed by atoms with Crippen molar-refractivity contribution >= 4 is 28.8 Å². The summed E-state index contributed by atoms with van der Waals surface area (Å²) in [5.74, 6) is 0.0565. The smallest absolute Gasteiger partial charge is 0.240 e. The van der Waals surface area contributed by atoms with E-state index in [1.807, 2.05) is 53.3 Å². The summed E-state index contributed by atoms with van der Waals surface area (Å²) in [5, 5.41) is 5.11. The first kappa shape index (κ1) is 19.4. The highest BCUT2D eigenvalue weighted by Crippen LogP contribution is 2.23. The van der Waals surface area contributed by atoms with E-state index in [1.54, 1.807) is 24.1 Å². The number of nitrogens with zero attached hydrogens (tertiary/aromatic N) is 4. The van der Waals surface area contributed by atoms with Gasteiger partial charge in [-0.15, -0.1) is 0 Å². The molecule has 0 aliphatic carbocycles. The molecule has 1 amide bonds. The molecule has 0 unspecified atom stereocenters. The molecular weight excluding hydrogens is 384 g/mol. The van der Waals surface area contributed by atoms with Crippen LogP contribution in [0.4, 0.5) is 5.69 Å². The fraction of sp³-hybridized carbons (Fsp3) is 0.217. The van der Waals surface area contributed by atoms with Crippen molar-refractivity contribution in [1.29, 1.82) is 0 Å². The highest BCUT2D eigenvalue weighted by Gasteiger charge is 2.19. The average molecular weight is 407 g/mol. The Bertz CT molecular complexity index is 1030. The molecule has 148 valence electrons. The van der Waals surface area contributed by atoms with Crippen molar-refractivity contribution < 1.29 is 4.79 Å². The lowest BCUT2D eigenvalue weighted by Gasteiger charge is -2.27. The topological polar surface area (TPSA) is 41.4 Å². The molecule has 4 rings (SSSR count). The van der Waals surface area contributed by atoms with Gasteiger partial charge in [0.1, 0.15) is 0 Å². The molecule has 2 heterocycles. The summed E-state index contributed by atoms with van der Waals surface area (Å²) in [4.78, 5) is 16.5. The molecule has 0 bridgehead atoms. The SMILES string of the molecule is CN(C(=O)CN1CC=C(c2cnn(-c3ccccc3)c2)CC1)c1cccc(Cl)c1. The summed E-state index contributed by atoms with van der Waals surface area (Å²) < 4.78 is 1.89. The number of rotatable bonds is 5. The molecule has 29 heavy (non-hydrogen) atoms. The van der Waals surface area contributed by atoms with Crippen LogP contribution in [-0.2, 0) is 4.79 Å². The Kier molecular flexibility index (Phi) is 5.79. The molecule has 6 heteroatoms. The van der Waals surface area contributed by atoms with Crippen LogP contribution in [-0.4, -0.2) is 47.3 Å². The van der Waals surface area contributed by atoms with Crippen LogP contribution in [0, 0.1) is 0 Å². The Hall–Kier alpha value is -2.89. The predicted molar refractivity (Wildman–Crippen MR) is 117 cm³/mol. The van der Waals surface area contributed by atoms with Crippen LogP contribution in [0.15, 0.2) is 73.1 Å². The molecule has 0 saturated carbocycles. The van der Waals surface area contributed by atoms with Crippen LogP contribution in [0.2, 0.25) is 5.02 Å². The van der Waals surface area contributed by atoms with Crippen LogP contribution < -0.4 is 4.90 Å². The number of hydrogen-bond donors (Lipinski definition) is 0. The summed E-state index contributed by atoms with van der Waals surface area (Å²) in [6.45, 7) is 1.98. The maximum Gasteiger partial charge on any atom is 0.240 e.